The second-order valence-electron chi connectivity index (χ2n) is 10.1. The van der Waals surface area contributed by atoms with Gasteiger partial charge < -0.3 is 10.2 Å². The van der Waals surface area contributed by atoms with Crippen molar-refractivity contribution in [3.8, 4) is 0 Å². The van der Waals surface area contributed by atoms with Crippen molar-refractivity contribution in [2.75, 3.05) is 17.4 Å². The van der Waals surface area contributed by atoms with E-state index in [9.17, 15) is 18.0 Å². The van der Waals surface area contributed by atoms with Gasteiger partial charge in [0.05, 0.1) is 10.6 Å². The van der Waals surface area contributed by atoms with E-state index in [1.54, 1.807) is 30.3 Å². The SMILES string of the molecule is CCC(C(=O)NCC(C)C)N(Cc1ccccc1C)C(=O)CN(c1ccccc1C)S(=O)(=O)c1ccccc1. The normalized spacial score (nSPS) is 12.2. The van der Waals surface area contributed by atoms with Crippen LogP contribution >= 0.6 is 0 Å². The molecule has 3 rings (SSSR count). The number of hydrogen-bond donors (Lipinski definition) is 1. The molecule has 0 aromatic heterocycles. The van der Waals surface area contributed by atoms with Crippen molar-refractivity contribution < 1.29 is 18.0 Å². The molecule has 0 heterocycles. The number of carbonyl (C=O) groups excluding carboxylic acids is 2. The van der Waals surface area contributed by atoms with E-state index in [2.05, 4.69) is 5.32 Å². The number of sulfonamides is 1. The van der Waals surface area contributed by atoms with Crippen LogP contribution in [0, 0.1) is 19.8 Å². The Labute approximate surface area is 232 Å². The monoisotopic (exact) mass is 549 g/mol. The molecule has 0 bridgehead atoms. The van der Waals surface area contributed by atoms with Gasteiger partial charge in [-0.2, -0.15) is 0 Å². The molecular weight excluding hydrogens is 510 g/mol. The van der Waals surface area contributed by atoms with Crippen molar-refractivity contribution in [2.45, 2.75) is 58.5 Å². The number of nitrogens with one attached hydrogen (secondary N) is 1. The highest BCUT2D eigenvalue weighted by atomic mass is 32.2. The molecular formula is C31H39N3O4S. The molecule has 0 saturated carbocycles. The lowest BCUT2D eigenvalue weighted by molar-refractivity contribution is -0.140. The summed E-state index contributed by atoms with van der Waals surface area (Å²) in [6, 6.07) is 22.1. The van der Waals surface area contributed by atoms with E-state index < -0.39 is 28.5 Å². The van der Waals surface area contributed by atoms with E-state index in [1.807, 2.05) is 71.0 Å². The van der Waals surface area contributed by atoms with Crippen molar-refractivity contribution >= 4 is 27.5 Å². The van der Waals surface area contributed by atoms with E-state index in [-0.39, 0.29) is 23.3 Å². The number of benzene rings is 3. The number of para-hydroxylation sites is 1. The second kappa shape index (κ2) is 13.4. The van der Waals surface area contributed by atoms with E-state index >= 15 is 0 Å². The molecule has 1 atom stereocenters. The molecule has 1 unspecified atom stereocenters. The third-order valence-corrected chi connectivity index (χ3v) is 8.44. The summed E-state index contributed by atoms with van der Waals surface area (Å²) in [5.74, 6) is -0.450. The lowest BCUT2D eigenvalue weighted by Crippen LogP contribution is -2.52. The van der Waals surface area contributed by atoms with Gasteiger partial charge in [0, 0.05) is 13.1 Å². The van der Waals surface area contributed by atoms with Gasteiger partial charge in [0.25, 0.3) is 10.0 Å². The Morgan fingerprint density at radius 1 is 0.846 bits per heavy atom. The number of aryl methyl sites for hydroxylation is 2. The van der Waals surface area contributed by atoms with Crippen LogP contribution < -0.4 is 9.62 Å². The van der Waals surface area contributed by atoms with Crippen LogP contribution in [-0.2, 0) is 26.2 Å². The molecule has 39 heavy (non-hydrogen) atoms. The van der Waals surface area contributed by atoms with Crippen LogP contribution in [0.25, 0.3) is 0 Å². The molecule has 3 aromatic carbocycles. The van der Waals surface area contributed by atoms with E-state index in [4.69, 9.17) is 0 Å². The molecule has 2 amide bonds. The minimum Gasteiger partial charge on any atom is -0.354 e. The minimum atomic E-state index is -4.08. The lowest BCUT2D eigenvalue weighted by atomic mass is 10.1. The number of anilines is 1. The molecule has 0 radical (unpaired) electrons. The summed E-state index contributed by atoms with van der Waals surface area (Å²) in [7, 11) is -4.08. The summed E-state index contributed by atoms with van der Waals surface area (Å²) in [4.78, 5) is 29.0. The maximum Gasteiger partial charge on any atom is 0.264 e. The highest BCUT2D eigenvalue weighted by molar-refractivity contribution is 7.92. The first-order valence-electron chi connectivity index (χ1n) is 13.3. The number of nitrogens with zero attached hydrogens (tertiary/aromatic N) is 2. The van der Waals surface area contributed by atoms with Crippen LogP contribution in [0.5, 0.6) is 0 Å². The summed E-state index contributed by atoms with van der Waals surface area (Å²) >= 11 is 0. The van der Waals surface area contributed by atoms with E-state index in [0.717, 1.165) is 21.0 Å². The van der Waals surface area contributed by atoms with Gasteiger partial charge in [-0.15, -0.1) is 0 Å². The zero-order chi connectivity index (χ0) is 28.6. The Bertz CT molecular complexity index is 1370. The van der Waals surface area contributed by atoms with E-state index in [1.165, 1.54) is 17.0 Å². The molecule has 7 nitrogen and oxygen atoms in total. The Morgan fingerprint density at radius 2 is 1.44 bits per heavy atom. The molecule has 0 aliphatic carbocycles. The van der Waals surface area contributed by atoms with Crippen LogP contribution in [0.4, 0.5) is 5.69 Å². The largest absolute Gasteiger partial charge is 0.354 e. The van der Waals surface area contributed by atoms with E-state index in [0.29, 0.717) is 18.7 Å². The fraction of sp³-hybridized carbons (Fsp3) is 0.355. The number of hydrogen-bond acceptors (Lipinski definition) is 4. The average Bonchev–Trinajstić information content (AvgIpc) is 2.92. The highest BCUT2D eigenvalue weighted by Gasteiger charge is 2.34. The smallest absolute Gasteiger partial charge is 0.264 e. The zero-order valence-corrected chi connectivity index (χ0v) is 24.2. The van der Waals surface area contributed by atoms with Crippen molar-refractivity contribution in [3.63, 3.8) is 0 Å². The molecule has 3 aromatic rings. The number of carbonyl (C=O) groups is 2. The molecule has 0 aliphatic heterocycles. The first-order chi connectivity index (χ1) is 18.6. The van der Waals surface area contributed by atoms with Crippen LogP contribution in [0.15, 0.2) is 83.8 Å². The molecule has 0 spiro atoms. The Hall–Kier alpha value is -3.65. The van der Waals surface area contributed by atoms with Gasteiger partial charge in [-0.05, 0) is 61.1 Å². The Balaban J connectivity index is 2.06. The number of amides is 2. The van der Waals surface area contributed by atoms with Crippen LogP contribution in [0.2, 0.25) is 0 Å². The summed E-state index contributed by atoms with van der Waals surface area (Å²) in [5, 5.41) is 2.95. The Morgan fingerprint density at radius 3 is 2.03 bits per heavy atom. The van der Waals surface area contributed by atoms with Gasteiger partial charge in [0.1, 0.15) is 12.6 Å². The van der Waals surface area contributed by atoms with Gasteiger partial charge >= 0.3 is 0 Å². The summed E-state index contributed by atoms with van der Waals surface area (Å²) in [6.07, 6.45) is 0.386. The number of rotatable bonds is 12. The van der Waals surface area contributed by atoms with Gasteiger partial charge in [0.15, 0.2) is 0 Å². The van der Waals surface area contributed by atoms with Crippen molar-refractivity contribution in [2.24, 2.45) is 5.92 Å². The minimum absolute atomic E-state index is 0.0909. The zero-order valence-electron chi connectivity index (χ0n) is 23.4. The quantitative estimate of drug-likeness (QED) is 0.341. The first kappa shape index (κ1) is 29.9. The molecule has 8 heteroatoms. The third-order valence-electron chi connectivity index (χ3n) is 6.67. The maximum absolute atomic E-state index is 14.1. The Kier molecular flexibility index (Phi) is 10.3. The molecule has 0 saturated heterocycles. The first-order valence-corrected chi connectivity index (χ1v) is 14.7. The predicted molar refractivity (Wildman–Crippen MR) is 156 cm³/mol. The average molecular weight is 550 g/mol. The van der Waals surface area contributed by atoms with Gasteiger partial charge in [-0.1, -0.05) is 81.4 Å². The summed E-state index contributed by atoms with van der Waals surface area (Å²) in [6.45, 7) is 9.87. The van der Waals surface area contributed by atoms with Crippen LogP contribution in [-0.4, -0.2) is 44.3 Å². The third kappa shape index (κ3) is 7.47. The van der Waals surface area contributed by atoms with Crippen LogP contribution in [0.1, 0.15) is 43.9 Å². The highest BCUT2D eigenvalue weighted by Crippen LogP contribution is 2.27. The van der Waals surface area contributed by atoms with Crippen LogP contribution in [0.3, 0.4) is 0 Å². The van der Waals surface area contributed by atoms with Crippen molar-refractivity contribution in [1.82, 2.24) is 10.2 Å². The maximum atomic E-state index is 14.1. The standard InChI is InChI=1S/C31H39N3O4S/c1-6-28(31(36)32-20-23(2)3)33(21-26-16-12-10-14-24(26)4)30(35)22-34(29-19-13-11-15-25(29)5)39(37,38)27-17-8-7-9-18-27/h7-19,23,28H,6,20-22H2,1-5H3,(H,32,36). The summed E-state index contributed by atoms with van der Waals surface area (Å²) in [5.41, 5.74) is 3.02. The molecule has 208 valence electrons. The van der Waals surface area contributed by atoms with Gasteiger partial charge in [-0.3, -0.25) is 13.9 Å². The van der Waals surface area contributed by atoms with Crippen molar-refractivity contribution in [1.29, 1.82) is 0 Å². The fourth-order valence-electron chi connectivity index (χ4n) is 4.39. The van der Waals surface area contributed by atoms with Gasteiger partial charge in [0.2, 0.25) is 11.8 Å². The molecule has 1 N–H and O–H groups in total. The summed E-state index contributed by atoms with van der Waals surface area (Å²) < 4.78 is 28.9. The van der Waals surface area contributed by atoms with Gasteiger partial charge in [-0.25, -0.2) is 8.42 Å². The van der Waals surface area contributed by atoms with Crippen molar-refractivity contribution in [3.05, 3.63) is 95.6 Å². The predicted octanol–water partition coefficient (Wildman–Crippen LogP) is 5.08. The molecule has 0 aliphatic rings. The second-order valence-corrected chi connectivity index (χ2v) is 12.0. The lowest BCUT2D eigenvalue weighted by Gasteiger charge is -2.34. The molecule has 0 fully saturated rings. The topological polar surface area (TPSA) is 86.8 Å². The fourth-order valence-corrected chi connectivity index (χ4v) is 5.89.